The number of aromatic nitrogens is 1. The van der Waals surface area contributed by atoms with Crippen molar-refractivity contribution in [3.8, 4) is 11.8 Å². The number of allylic oxidation sites excluding steroid dienone is 6. The maximum absolute atomic E-state index is 9.92. The fourth-order valence-corrected chi connectivity index (χ4v) is 9.57. The predicted molar refractivity (Wildman–Crippen MR) is 183 cm³/mol. The van der Waals surface area contributed by atoms with Gasteiger partial charge in [-0.25, -0.2) is 0 Å². The van der Waals surface area contributed by atoms with Crippen LogP contribution in [0.15, 0.2) is 136 Å². The van der Waals surface area contributed by atoms with Crippen molar-refractivity contribution in [1.82, 2.24) is 4.57 Å². The number of nitriles is 1. The average molecular weight is 585 g/mol. The lowest BCUT2D eigenvalue weighted by Gasteiger charge is -2.34. The smallest absolute Gasteiger partial charge is 0.0991 e. The maximum Gasteiger partial charge on any atom is 0.0991 e. The zero-order valence-corrected chi connectivity index (χ0v) is 25.8. The molecule has 212 valence electrons. The second-order valence-electron chi connectivity index (χ2n) is 13.2. The van der Waals surface area contributed by atoms with Crippen LogP contribution in [0, 0.1) is 11.3 Å². The van der Waals surface area contributed by atoms with Crippen molar-refractivity contribution in [2.45, 2.75) is 50.4 Å². The maximum atomic E-state index is 9.92. The molecule has 2 atom stereocenters. The Kier molecular flexibility index (Phi) is 5.59. The van der Waals surface area contributed by atoms with E-state index in [0.29, 0.717) is 11.5 Å². The van der Waals surface area contributed by atoms with Crippen molar-refractivity contribution in [3.05, 3.63) is 158 Å². The molecule has 2 unspecified atom stereocenters. The monoisotopic (exact) mass is 584 g/mol. The third-order valence-corrected chi connectivity index (χ3v) is 11.8. The first-order chi connectivity index (χ1) is 21.5. The summed E-state index contributed by atoms with van der Waals surface area (Å²) in [6.07, 6.45) is 10.4. The van der Waals surface area contributed by atoms with Crippen LogP contribution in [0.5, 0.6) is 0 Å². The van der Waals surface area contributed by atoms with E-state index in [1.165, 1.54) is 54.0 Å². The molecule has 1 aliphatic heterocycles. The van der Waals surface area contributed by atoms with Gasteiger partial charge in [-0.15, -0.1) is 0 Å². The summed E-state index contributed by atoms with van der Waals surface area (Å²) in [5.74, 6) is 0.701. The zero-order valence-electron chi connectivity index (χ0n) is 25.0. The molecule has 1 aromatic heterocycles. The Morgan fingerprint density at radius 2 is 1.50 bits per heavy atom. The molecule has 0 saturated heterocycles. The van der Waals surface area contributed by atoms with Gasteiger partial charge >= 0.3 is 0 Å². The van der Waals surface area contributed by atoms with Crippen LogP contribution in [-0.2, 0) is 5.41 Å². The number of hydrogen-bond acceptors (Lipinski definition) is 2. The van der Waals surface area contributed by atoms with Crippen LogP contribution in [0.3, 0.4) is 0 Å². The third-order valence-electron chi connectivity index (χ3n) is 10.5. The average Bonchev–Trinajstić information content (AvgIpc) is 3.51. The SMILES string of the molecule is CC1(C)C2=CC3=C(CC4=C(C=CC(c5cc(C#N)ccc5-n5c6ccccc6c6ccccc65)C4)S3)CC2c2ccccc21. The molecular formula is C41H32N2S. The van der Waals surface area contributed by atoms with Gasteiger partial charge in [-0.2, -0.15) is 5.26 Å². The van der Waals surface area contributed by atoms with Gasteiger partial charge in [-0.1, -0.05) is 115 Å². The second-order valence-corrected chi connectivity index (χ2v) is 14.3. The summed E-state index contributed by atoms with van der Waals surface area (Å²) >= 11 is 1.98. The molecule has 0 bridgehead atoms. The van der Waals surface area contributed by atoms with E-state index in [0.717, 1.165) is 19.3 Å². The first-order valence-corrected chi connectivity index (χ1v) is 16.5. The topological polar surface area (TPSA) is 28.7 Å². The number of fused-ring (bicyclic) bond motifs is 6. The van der Waals surface area contributed by atoms with Crippen LogP contribution >= 0.6 is 11.8 Å². The van der Waals surface area contributed by atoms with Gasteiger partial charge in [0.15, 0.2) is 0 Å². The van der Waals surface area contributed by atoms with Crippen molar-refractivity contribution in [3.63, 3.8) is 0 Å². The molecule has 4 aromatic carbocycles. The molecule has 44 heavy (non-hydrogen) atoms. The summed E-state index contributed by atoms with van der Waals surface area (Å²) in [4.78, 5) is 2.88. The molecule has 0 radical (unpaired) electrons. The Hall–Kier alpha value is -4.52. The molecule has 5 aromatic rings. The zero-order chi connectivity index (χ0) is 29.6. The lowest BCUT2D eigenvalue weighted by atomic mass is 9.76. The fraction of sp³-hybridized carbons (Fsp3) is 0.195. The van der Waals surface area contributed by atoms with Crippen LogP contribution in [0.1, 0.15) is 67.2 Å². The van der Waals surface area contributed by atoms with Gasteiger partial charge in [-0.05, 0) is 72.4 Å². The number of hydrogen-bond donors (Lipinski definition) is 0. The van der Waals surface area contributed by atoms with E-state index < -0.39 is 0 Å². The first-order valence-electron chi connectivity index (χ1n) is 15.7. The summed E-state index contributed by atoms with van der Waals surface area (Å²) in [5, 5.41) is 12.4. The minimum absolute atomic E-state index is 0.0808. The van der Waals surface area contributed by atoms with E-state index in [9.17, 15) is 5.26 Å². The highest BCUT2D eigenvalue weighted by Gasteiger charge is 2.44. The van der Waals surface area contributed by atoms with Crippen LogP contribution in [-0.4, -0.2) is 4.57 Å². The largest absolute Gasteiger partial charge is 0.309 e. The molecule has 0 spiro atoms. The lowest BCUT2D eigenvalue weighted by Crippen LogP contribution is -2.20. The molecule has 4 aliphatic rings. The Labute approximate surface area is 262 Å². The number of thioether (sulfide) groups is 1. The van der Waals surface area contributed by atoms with E-state index in [1.54, 1.807) is 16.7 Å². The van der Waals surface area contributed by atoms with Crippen molar-refractivity contribution in [1.29, 1.82) is 5.26 Å². The minimum Gasteiger partial charge on any atom is -0.309 e. The van der Waals surface area contributed by atoms with Gasteiger partial charge in [0, 0.05) is 37.8 Å². The van der Waals surface area contributed by atoms with Gasteiger partial charge in [0.05, 0.1) is 28.4 Å². The molecule has 3 heteroatoms. The highest BCUT2D eigenvalue weighted by atomic mass is 32.2. The quantitative estimate of drug-likeness (QED) is 0.206. The van der Waals surface area contributed by atoms with Crippen LogP contribution in [0.2, 0.25) is 0 Å². The molecule has 2 nitrogen and oxygen atoms in total. The minimum atomic E-state index is 0.0808. The number of nitrogens with zero attached hydrogens (tertiary/aromatic N) is 2. The van der Waals surface area contributed by atoms with Gasteiger partial charge < -0.3 is 4.57 Å². The molecular weight excluding hydrogens is 553 g/mol. The Balaban J connectivity index is 1.10. The number of rotatable bonds is 2. The fourth-order valence-electron chi connectivity index (χ4n) is 8.40. The van der Waals surface area contributed by atoms with Crippen molar-refractivity contribution in [2.75, 3.05) is 0 Å². The lowest BCUT2D eigenvalue weighted by molar-refractivity contribution is 0.602. The second kappa shape index (κ2) is 9.49. The summed E-state index contributed by atoms with van der Waals surface area (Å²) in [5.41, 5.74) is 13.3. The number of benzene rings is 4. The van der Waals surface area contributed by atoms with E-state index in [2.05, 4.69) is 128 Å². The Morgan fingerprint density at radius 3 is 2.27 bits per heavy atom. The molecule has 9 rings (SSSR count). The molecule has 3 aliphatic carbocycles. The van der Waals surface area contributed by atoms with Gasteiger partial charge in [0.1, 0.15) is 0 Å². The van der Waals surface area contributed by atoms with Gasteiger partial charge in [0.25, 0.3) is 0 Å². The third kappa shape index (κ3) is 3.68. The van der Waals surface area contributed by atoms with Gasteiger partial charge in [0.2, 0.25) is 0 Å². The van der Waals surface area contributed by atoms with Crippen molar-refractivity contribution in [2.24, 2.45) is 0 Å². The van der Waals surface area contributed by atoms with Crippen LogP contribution in [0.4, 0.5) is 0 Å². The van der Waals surface area contributed by atoms with E-state index >= 15 is 0 Å². The van der Waals surface area contributed by atoms with Crippen LogP contribution in [0.25, 0.3) is 27.5 Å². The Morgan fingerprint density at radius 1 is 0.795 bits per heavy atom. The van der Waals surface area contributed by atoms with E-state index in [1.807, 2.05) is 17.8 Å². The number of para-hydroxylation sites is 2. The Bertz CT molecular complexity index is 2170. The highest BCUT2D eigenvalue weighted by molar-refractivity contribution is 8.07. The summed E-state index contributed by atoms with van der Waals surface area (Å²) in [6.45, 7) is 4.80. The van der Waals surface area contributed by atoms with Gasteiger partial charge in [-0.3, -0.25) is 0 Å². The molecule has 0 fully saturated rings. The standard InChI is InChI=1S/C41H32N2S/c1-41(2)34-12-6-3-9-29(34)33-22-28-21-27-20-26(16-18-39(27)44-40(28)23-35(33)41)32-19-25(24-42)15-17-38(32)43-36-13-7-4-10-30(36)31-11-5-8-14-37(31)43/h3-19,23,26,33H,20-22H2,1-2H3. The summed E-state index contributed by atoms with van der Waals surface area (Å²) in [7, 11) is 0. The molecule has 2 heterocycles. The highest BCUT2D eigenvalue weighted by Crippen LogP contribution is 2.59. The normalized spacial score (nSPS) is 21.5. The summed E-state index contributed by atoms with van der Waals surface area (Å²) < 4.78 is 2.40. The van der Waals surface area contributed by atoms with Crippen molar-refractivity contribution >= 4 is 33.6 Å². The van der Waals surface area contributed by atoms with E-state index in [4.69, 9.17) is 0 Å². The van der Waals surface area contributed by atoms with E-state index in [-0.39, 0.29) is 11.3 Å². The predicted octanol–water partition coefficient (Wildman–Crippen LogP) is 10.7. The van der Waals surface area contributed by atoms with Crippen LogP contribution < -0.4 is 0 Å². The molecule has 0 saturated carbocycles. The summed E-state index contributed by atoms with van der Waals surface area (Å²) in [6, 6.07) is 35.1. The molecule has 0 amide bonds. The first kappa shape index (κ1) is 25.9. The van der Waals surface area contributed by atoms with Crippen molar-refractivity contribution < 1.29 is 0 Å². The molecule has 0 N–H and O–H groups in total.